The average Bonchev–Trinajstić information content (AvgIpc) is 3.37. The summed E-state index contributed by atoms with van der Waals surface area (Å²) in [5.74, 6) is -0.758. The maximum Gasteiger partial charge on any atom is 0.416 e. The number of azide groups is 1. The van der Waals surface area contributed by atoms with Crippen molar-refractivity contribution in [3.05, 3.63) is 46.3 Å². The second-order valence-electron chi connectivity index (χ2n) is 6.11. The predicted octanol–water partition coefficient (Wildman–Crippen LogP) is 2.03. The molecule has 1 heterocycles. The van der Waals surface area contributed by atoms with Crippen molar-refractivity contribution in [2.45, 2.75) is 37.5 Å². The topological polar surface area (TPSA) is 116 Å². The van der Waals surface area contributed by atoms with Crippen LogP contribution >= 0.6 is 0 Å². The van der Waals surface area contributed by atoms with Gasteiger partial charge in [0, 0.05) is 4.91 Å². The summed E-state index contributed by atoms with van der Waals surface area (Å²) < 4.78 is 5.01. The van der Waals surface area contributed by atoms with Crippen LogP contribution in [0, 0.1) is 5.92 Å². The van der Waals surface area contributed by atoms with E-state index in [0.717, 1.165) is 23.3 Å². The Hall–Kier alpha value is -2.57. The Morgan fingerprint density at radius 1 is 1.42 bits per heavy atom. The van der Waals surface area contributed by atoms with Crippen molar-refractivity contribution in [1.29, 1.82) is 0 Å². The fourth-order valence-corrected chi connectivity index (χ4v) is 2.92. The summed E-state index contributed by atoms with van der Waals surface area (Å²) in [7, 11) is 0. The van der Waals surface area contributed by atoms with E-state index in [0.29, 0.717) is 6.42 Å². The van der Waals surface area contributed by atoms with Crippen LogP contribution in [-0.4, -0.2) is 46.8 Å². The normalized spacial score (nSPS) is 22.5. The smallest absolute Gasteiger partial charge is 0.416 e. The molecule has 3 atom stereocenters. The Morgan fingerprint density at radius 2 is 2.12 bits per heavy atom. The van der Waals surface area contributed by atoms with Gasteiger partial charge in [0.15, 0.2) is 0 Å². The minimum absolute atomic E-state index is 0.0596. The molecule has 8 heteroatoms. The second kappa shape index (κ2) is 6.90. The number of cyclic esters (lactones) is 1. The molecule has 24 heavy (non-hydrogen) atoms. The zero-order valence-electron chi connectivity index (χ0n) is 13.0. The molecule has 3 rings (SSSR count). The monoisotopic (exact) mass is 330 g/mol. The van der Waals surface area contributed by atoms with Crippen molar-refractivity contribution < 1.29 is 19.4 Å². The van der Waals surface area contributed by atoms with E-state index in [2.05, 4.69) is 10.0 Å². The van der Waals surface area contributed by atoms with Gasteiger partial charge in [-0.15, -0.1) is 0 Å². The first-order valence-corrected chi connectivity index (χ1v) is 7.88. The highest BCUT2D eigenvalue weighted by Crippen LogP contribution is 2.35. The molecule has 1 saturated carbocycles. The van der Waals surface area contributed by atoms with Crippen LogP contribution < -0.4 is 0 Å². The molecule has 2 amide bonds. The number of hydrogen-bond acceptors (Lipinski definition) is 5. The summed E-state index contributed by atoms with van der Waals surface area (Å²) in [5.41, 5.74) is 9.67. The molecule has 126 valence electrons. The molecule has 0 spiro atoms. The van der Waals surface area contributed by atoms with Crippen molar-refractivity contribution in [1.82, 2.24) is 4.90 Å². The van der Waals surface area contributed by atoms with Crippen LogP contribution in [0.25, 0.3) is 10.4 Å². The minimum atomic E-state index is -1.30. The largest absolute Gasteiger partial charge is 0.447 e. The van der Waals surface area contributed by atoms with Gasteiger partial charge in [-0.05, 0) is 36.3 Å². The van der Waals surface area contributed by atoms with Crippen molar-refractivity contribution >= 4 is 12.0 Å². The maximum absolute atomic E-state index is 12.7. The molecular formula is C16H18N4O4. The highest BCUT2D eigenvalue weighted by Gasteiger charge is 2.45. The third kappa shape index (κ3) is 3.34. The summed E-state index contributed by atoms with van der Waals surface area (Å²) in [4.78, 5) is 28.4. The molecule has 1 aliphatic carbocycles. The van der Waals surface area contributed by atoms with Crippen molar-refractivity contribution in [3.8, 4) is 0 Å². The summed E-state index contributed by atoms with van der Waals surface area (Å²) in [6.45, 7) is 0.0853. The lowest BCUT2D eigenvalue weighted by Gasteiger charge is -2.25. The lowest BCUT2D eigenvalue weighted by atomic mass is 10.0. The first kappa shape index (κ1) is 16.3. The van der Waals surface area contributed by atoms with E-state index >= 15 is 0 Å². The van der Waals surface area contributed by atoms with Crippen LogP contribution in [0.3, 0.4) is 0 Å². The molecule has 0 aromatic heterocycles. The first-order valence-electron chi connectivity index (χ1n) is 7.88. The van der Waals surface area contributed by atoms with Crippen LogP contribution in [-0.2, 0) is 16.0 Å². The van der Waals surface area contributed by atoms with E-state index in [1.54, 1.807) is 0 Å². The number of carbonyl (C=O) groups is 2. The van der Waals surface area contributed by atoms with Crippen LogP contribution in [0.2, 0.25) is 0 Å². The third-order valence-electron chi connectivity index (χ3n) is 4.37. The summed E-state index contributed by atoms with van der Waals surface area (Å²) >= 11 is 0. The fourth-order valence-electron chi connectivity index (χ4n) is 2.92. The molecule has 1 aliphatic heterocycles. The lowest BCUT2D eigenvalue weighted by Crippen LogP contribution is -2.49. The van der Waals surface area contributed by atoms with Crippen LogP contribution in [0.1, 0.15) is 18.4 Å². The number of hydrogen-bond donors (Lipinski definition) is 1. The van der Waals surface area contributed by atoms with E-state index in [1.807, 2.05) is 30.3 Å². The van der Waals surface area contributed by atoms with Gasteiger partial charge in [0.1, 0.15) is 12.6 Å². The Morgan fingerprint density at radius 3 is 2.75 bits per heavy atom. The molecule has 8 nitrogen and oxygen atoms in total. The van der Waals surface area contributed by atoms with Gasteiger partial charge in [-0.2, -0.15) is 0 Å². The molecule has 1 saturated heterocycles. The van der Waals surface area contributed by atoms with Crippen LogP contribution in [0.15, 0.2) is 35.4 Å². The van der Waals surface area contributed by atoms with Gasteiger partial charge in [0.25, 0.3) is 0 Å². The van der Waals surface area contributed by atoms with E-state index in [1.165, 1.54) is 0 Å². The summed E-state index contributed by atoms with van der Waals surface area (Å²) in [5, 5.41) is 13.6. The number of benzene rings is 1. The van der Waals surface area contributed by atoms with Gasteiger partial charge in [0.2, 0.25) is 5.91 Å². The number of aliphatic hydroxyl groups is 1. The Balaban J connectivity index is 1.79. The quantitative estimate of drug-likeness (QED) is 0.488. The van der Waals surface area contributed by atoms with Crippen LogP contribution in [0.4, 0.5) is 4.79 Å². The molecule has 1 aromatic carbocycles. The van der Waals surface area contributed by atoms with Gasteiger partial charge < -0.3 is 9.84 Å². The highest BCUT2D eigenvalue weighted by atomic mass is 16.6. The van der Waals surface area contributed by atoms with E-state index in [9.17, 15) is 14.7 Å². The van der Waals surface area contributed by atoms with E-state index in [-0.39, 0.29) is 12.5 Å². The Labute approximate surface area is 138 Å². The van der Waals surface area contributed by atoms with E-state index < -0.39 is 30.2 Å². The van der Waals surface area contributed by atoms with Gasteiger partial charge in [0.05, 0.1) is 12.1 Å². The molecule has 1 aromatic rings. The van der Waals surface area contributed by atoms with Crippen molar-refractivity contribution in [2.24, 2.45) is 11.0 Å². The predicted molar refractivity (Wildman–Crippen MR) is 83.8 cm³/mol. The summed E-state index contributed by atoms with van der Waals surface area (Å²) in [6, 6.07) is 7.65. The first-order chi connectivity index (χ1) is 11.6. The standard InChI is InChI=1S/C16H18N4O4/c17-19-18-13(14(21)11-6-7-11)15(22)20-12(9-24-16(20)23)8-10-4-2-1-3-5-10/h1-5,11-14,21H,6-9H2/t12-,13?,14+/m0/s1. The molecule has 0 radical (unpaired) electrons. The van der Waals surface area contributed by atoms with E-state index in [4.69, 9.17) is 10.3 Å². The maximum atomic E-state index is 12.7. The lowest BCUT2D eigenvalue weighted by molar-refractivity contribution is -0.133. The molecule has 0 bridgehead atoms. The Bertz CT molecular complexity index is 670. The van der Waals surface area contributed by atoms with Crippen LogP contribution in [0.5, 0.6) is 0 Å². The van der Waals surface area contributed by atoms with Crippen molar-refractivity contribution in [2.75, 3.05) is 6.61 Å². The third-order valence-corrected chi connectivity index (χ3v) is 4.37. The van der Waals surface area contributed by atoms with Gasteiger partial charge in [-0.25, -0.2) is 9.69 Å². The molecule has 1 unspecified atom stereocenters. The number of aliphatic hydroxyl groups excluding tert-OH is 1. The molecule has 2 fully saturated rings. The molecule has 1 N–H and O–H groups in total. The number of carbonyl (C=O) groups excluding carboxylic acids is 2. The number of ether oxygens (including phenoxy) is 1. The SMILES string of the molecule is [N-]=[N+]=NC(C(=O)N1C(=O)OC[C@@H]1Cc1ccccc1)[C@H](O)C1CC1. The molecular weight excluding hydrogens is 312 g/mol. The summed E-state index contributed by atoms with van der Waals surface area (Å²) in [6.07, 6.45) is 0.176. The zero-order valence-corrected chi connectivity index (χ0v) is 13.0. The van der Waals surface area contributed by atoms with Gasteiger partial charge >= 0.3 is 6.09 Å². The van der Waals surface area contributed by atoms with Gasteiger partial charge in [-0.1, -0.05) is 35.4 Å². The molecule has 2 aliphatic rings. The number of rotatable bonds is 6. The number of amides is 2. The highest BCUT2D eigenvalue weighted by molar-refractivity contribution is 5.97. The Kier molecular flexibility index (Phi) is 4.69. The minimum Gasteiger partial charge on any atom is -0.447 e. The fraction of sp³-hybridized carbons (Fsp3) is 0.500. The van der Waals surface area contributed by atoms with Crippen molar-refractivity contribution in [3.63, 3.8) is 0 Å². The zero-order chi connectivity index (χ0) is 17.1. The van der Waals surface area contributed by atoms with Gasteiger partial charge in [-0.3, -0.25) is 4.79 Å². The number of imide groups is 1. The number of nitrogens with zero attached hydrogens (tertiary/aromatic N) is 4. The average molecular weight is 330 g/mol. The second-order valence-corrected chi connectivity index (χ2v) is 6.11.